The van der Waals surface area contributed by atoms with Gasteiger partial charge in [0.1, 0.15) is 72.9 Å². The number of nitrogens with one attached hydrogen (secondary N) is 7. The summed E-state index contributed by atoms with van der Waals surface area (Å²) in [6, 6.07) is -7.17. The van der Waals surface area contributed by atoms with Gasteiger partial charge in [-0.2, -0.15) is 35.3 Å². The van der Waals surface area contributed by atoms with Gasteiger partial charge in [0, 0.05) is 42.5 Å². The fraction of sp³-hybridized carbons (Fsp3) is 0.642. The van der Waals surface area contributed by atoms with Crippen LogP contribution >= 0.6 is 35.3 Å². The predicted molar refractivity (Wildman–Crippen MR) is 310 cm³/mol. The second kappa shape index (κ2) is 34.2. The van der Waals surface area contributed by atoms with Crippen molar-refractivity contribution in [3.63, 3.8) is 0 Å². The summed E-state index contributed by atoms with van der Waals surface area (Å²) >= 11 is 3.78. The van der Waals surface area contributed by atoms with Crippen molar-refractivity contribution in [3.8, 4) is 5.75 Å². The Balaban J connectivity index is 1.55. The molecular formula is C53H78N12O16S3. The first-order chi connectivity index (χ1) is 40.1. The number of aliphatic hydroxyl groups is 1. The first-order valence-electron chi connectivity index (χ1n) is 27.8. The number of primary amides is 2. The number of amides is 11. The molecule has 0 spiro atoms. The number of hydrogen-bond donors (Lipinski definition) is 11. The number of carbonyl (C=O) groups excluding carboxylic acids is 11. The number of benzene rings is 1. The number of fused-ring (bicyclic) bond motifs is 7. The van der Waals surface area contributed by atoms with E-state index < -0.39 is 138 Å². The Kier molecular flexibility index (Phi) is 27.6. The van der Waals surface area contributed by atoms with Crippen LogP contribution in [-0.2, 0) is 73.9 Å². The summed E-state index contributed by atoms with van der Waals surface area (Å²) in [5.74, 6) is -9.87. The number of nitrogens with zero attached hydrogens (tertiary/aromatic N) is 3. The summed E-state index contributed by atoms with van der Waals surface area (Å²) in [6.07, 6.45) is 3.15. The molecule has 0 aromatic heterocycles. The molecule has 11 amide bonds. The highest BCUT2D eigenvalue weighted by molar-refractivity contribution is 7.99. The number of aliphatic carboxylic acids is 1. The molecule has 2 fully saturated rings. The number of ether oxygens (including phenoxy) is 1. The summed E-state index contributed by atoms with van der Waals surface area (Å²) < 4.78 is 6.23. The van der Waals surface area contributed by atoms with Crippen LogP contribution in [-0.4, -0.2) is 207 Å². The van der Waals surface area contributed by atoms with Crippen LogP contribution in [0.5, 0.6) is 5.75 Å². The standard InChI is InChI=1S/C53H78N12O16S3/c1-29-52(78)64-15-8-11-40(64)50(76)63-44(30(2)66)51(77)61-37(45(55)71)27-83-25-31-20-32-22-33(21-31)80-17-6-4-5-7-18-81-56-24-42(68)58-34(12-13-41(54)67)46(72)62-38(28-84-26-32)53(79)65-16-9-10-39(65)49(75)59-35(14-19-82-3)47(73)60-36(23-43(69)70)48(74)57-29/h20-22,24,29-30,34-40,44,66H,4-19,23,25-28H2,1-3H3,(H2,54,67)(H2,55,71)(H,57,74)(H,58,68)(H,59,75)(H,60,73)(H,61,77)(H,62,72)(H,63,76)(H,69,70)/b56-24+/t29-,30+,34-,35-,36-,37-,38-,39-,40-,44-/m0/s1. The van der Waals surface area contributed by atoms with E-state index >= 15 is 0 Å². The van der Waals surface area contributed by atoms with Crippen LogP contribution in [0, 0.1) is 0 Å². The predicted octanol–water partition coefficient (Wildman–Crippen LogP) is -2.12. The molecule has 2 saturated heterocycles. The number of oxime groups is 1. The minimum atomic E-state index is -1.79. The van der Waals surface area contributed by atoms with E-state index in [9.17, 15) is 67.7 Å². The number of aliphatic hydroxyl groups excluding tert-OH is 1. The summed E-state index contributed by atoms with van der Waals surface area (Å²) in [5.41, 5.74) is 12.7. The molecule has 0 unspecified atom stereocenters. The first-order valence-corrected chi connectivity index (χ1v) is 31.5. The Morgan fingerprint density at radius 1 is 0.702 bits per heavy atom. The minimum absolute atomic E-state index is 0.0192. The van der Waals surface area contributed by atoms with Crippen molar-refractivity contribution < 1.29 is 77.3 Å². The molecular weight excluding hydrogens is 1160 g/mol. The van der Waals surface area contributed by atoms with E-state index in [4.69, 9.17) is 21.0 Å². The van der Waals surface area contributed by atoms with Gasteiger partial charge in [0.25, 0.3) is 5.91 Å². The average molecular weight is 1240 g/mol. The number of carbonyl (C=O) groups is 12. The number of rotatable bonds is 10. The lowest BCUT2D eigenvalue weighted by Crippen LogP contribution is -2.61. The maximum absolute atomic E-state index is 14.9. The molecule has 4 aliphatic heterocycles. The molecule has 31 heteroatoms. The molecule has 1 aromatic rings. The van der Waals surface area contributed by atoms with Crippen LogP contribution in [0.4, 0.5) is 0 Å². The minimum Gasteiger partial charge on any atom is -0.494 e. The van der Waals surface area contributed by atoms with Gasteiger partial charge in [0.05, 0.1) is 19.1 Å². The second-order valence-electron chi connectivity index (χ2n) is 20.8. The molecule has 0 saturated carbocycles. The van der Waals surface area contributed by atoms with E-state index in [1.54, 1.807) is 6.26 Å². The molecule has 0 radical (unpaired) electrons. The largest absolute Gasteiger partial charge is 0.494 e. The highest BCUT2D eigenvalue weighted by Crippen LogP contribution is 2.27. The van der Waals surface area contributed by atoms with E-state index in [-0.39, 0.29) is 74.8 Å². The van der Waals surface area contributed by atoms with Crippen molar-refractivity contribution in [2.24, 2.45) is 16.6 Å². The quantitative estimate of drug-likeness (QED) is 0.119. The molecule has 4 aliphatic rings. The number of hydrogen-bond acceptors (Lipinski definition) is 19. The lowest BCUT2D eigenvalue weighted by Gasteiger charge is -2.31. The Bertz CT molecular complexity index is 2580. The molecule has 0 aliphatic carbocycles. The lowest BCUT2D eigenvalue weighted by molar-refractivity contribution is -0.144. The van der Waals surface area contributed by atoms with E-state index in [2.05, 4.69) is 42.4 Å². The smallest absolute Gasteiger partial charge is 0.305 e. The topological polar surface area (TPSA) is 419 Å². The first kappa shape index (κ1) is 67.9. The normalized spacial score (nSPS) is 27.5. The fourth-order valence-electron chi connectivity index (χ4n) is 9.70. The zero-order valence-corrected chi connectivity index (χ0v) is 49.7. The molecule has 4 bridgehead atoms. The monoisotopic (exact) mass is 1230 g/mol. The summed E-state index contributed by atoms with van der Waals surface area (Å²) in [6.45, 7) is 3.12. The maximum atomic E-state index is 14.9. The van der Waals surface area contributed by atoms with Gasteiger partial charge < -0.3 is 78.3 Å². The molecule has 464 valence electrons. The molecule has 4 heterocycles. The molecule has 1 aromatic carbocycles. The maximum Gasteiger partial charge on any atom is 0.305 e. The number of carboxylic acid groups (broad SMARTS) is 1. The summed E-state index contributed by atoms with van der Waals surface area (Å²) in [5, 5.41) is 42.1. The average Bonchev–Trinajstić information content (AvgIpc) is 4.20. The van der Waals surface area contributed by atoms with Crippen molar-refractivity contribution in [1.82, 2.24) is 47.0 Å². The van der Waals surface area contributed by atoms with Crippen LogP contribution in [0.1, 0.15) is 102 Å². The summed E-state index contributed by atoms with van der Waals surface area (Å²) in [7, 11) is 0. The van der Waals surface area contributed by atoms with Gasteiger partial charge in [-0.25, -0.2) is 0 Å². The number of carboxylic acids is 1. The third kappa shape index (κ3) is 21.3. The van der Waals surface area contributed by atoms with Crippen molar-refractivity contribution in [1.29, 1.82) is 0 Å². The van der Waals surface area contributed by atoms with Crippen LogP contribution in [0.3, 0.4) is 0 Å². The van der Waals surface area contributed by atoms with E-state index in [1.165, 1.54) is 54.0 Å². The SMILES string of the molecule is CSCC[C@@H]1NC(=O)[C@@H]2CCCN2C(=O)[C@@H]2CSCc3cc(cc(c3)OCCCCCCO/N=C/C(=O)N[C@@H](CCC(N)=O)C(=O)N2)CSC[C@@H](C(N)=O)NC(=O)[C@H]([C@@H](C)O)NC(=O)[C@@H]2CCCN2C(=O)[C@H](C)NC(=O)[C@H](CC(=O)O)NC1=O. The third-order valence-corrected chi connectivity index (χ3v) is 16.9. The highest BCUT2D eigenvalue weighted by atomic mass is 32.2. The molecule has 10 atom stereocenters. The highest BCUT2D eigenvalue weighted by Gasteiger charge is 2.42. The van der Waals surface area contributed by atoms with Crippen molar-refractivity contribution in [2.45, 2.75) is 163 Å². The van der Waals surface area contributed by atoms with Gasteiger partial charge in [-0.15, -0.1) is 0 Å². The van der Waals surface area contributed by atoms with Crippen LogP contribution < -0.4 is 53.4 Å². The van der Waals surface area contributed by atoms with Gasteiger partial charge in [0.2, 0.25) is 59.1 Å². The summed E-state index contributed by atoms with van der Waals surface area (Å²) in [4.78, 5) is 171. The van der Waals surface area contributed by atoms with E-state index in [1.807, 2.05) is 18.2 Å². The lowest BCUT2D eigenvalue weighted by atomic mass is 10.1. The van der Waals surface area contributed by atoms with Gasteiger partial charge in [-0.1, -0.05) is 11.2 Å². The number of nitrogens with two attached hydrogens (primary N) is 2. The second-order valence-corrected chi connectivity index (χ2v) is 23.8. The van der Waals surface area contributed by atoms with Crippen molar-refractivity contribution >= 4 is 112 Å². The zero-order valence-electron chi connectivity index (χ0n) is 47.3. The molecule has 84 heavy (non-hydrogen) atoms. The van der Waals surface area contributed by atoms with Gasteiger partial charge in [0.15, 0.2) is 0 Å². The van der Waals surface area contributed by atoms with Crippen molar-refractivity contribution in [3.05, 3.63) is 29.3 Å². The molecule has 13 N–H and O–H groups in total. The zero-order chi connectivity index (χ0) is 61.5. The van der Waals surface area contributed by atoms with Crippen LogP contribution in [0.25, 0.3) is 0 Å². The Morgan fingerprint density at radius 2 is 1.29 bits per heavy atom. The number of thioether (sulfide) groups is 3. The molecule has 5 rings (SSSR count). The Hall–Kier alpha value is -6.86. The third-order valence-electron chi connectivity index (χ3n) is 14.1. The van der Waals surface area contributed by atoms with Gasteiger partial charge in [-0.3, -0.25) is 57.5 Å². The van der Waals surface area contributed by atoms with Crippen LogP contribution in [0.15, 0.2) is 23.4 Å². The molecule has 28 nitrogen and oxygen atoms in total. The van der Waals surface area contributed by atoms with E-state index in [0.29, 0.717) is 43.8 Å². The van der Waals surface area contributed by atoms with E-state index in [0.717, 1.165) is 35.1 Å². The Morgan fingerprint density at radius 3 is 1.90 bits per heavy atom. The van der Waals surface area contributed by atoms with Gasteiger partial charge in [-0.05, 0) is 113 Å². The van der Waals surface area contributed by atoms with Crippen molar-refractivity contribution in [2.75, 3.05) is 49.8 Å². The van der Waals surface area contributed by atoms with Gasteiger partial charge >= 0.3 is 5.97 Å². The fourth-order valence-corrected chi connectivity index (χ4v) is 12.2. The Labute approximate surface area is 499 Å². The van der Waals surface area contributed by atoms with Crippen LogP contribution in [0.2, 0.25) is 0 Å².